The van der Waals surface area contributed by atoms with Crippen LogP contribution in [0.25, 0.3) is 0 Å². The van der Waals surface area contributed by atoms with Crippen LogP contribution in [0.4, 0.5) is 5.69 Å². The molecule has 1 atom stereocenters. The van der Waals surface area contributed by atoms with Crippen LogP contribution in [0.2, 0.25) is 5.02 Å². The summed E-state index contributed by atoms with van der Waals surface area (Å²) >= 11 is 6.26. The number of halogens is 1. The van der Waals surface area contributed by atoms with Gasteiger partial charge in [-0.25, -0.2) is 0 Å². The molecule has 1 aliphatic heterocycles. The normalized spacial score (nSPS) is 14.0. The molecule has 0 aromatic heterocycles. The van der Waals surface area contributed by atoms with E-state index in [1.54, 1.807) is 0 Å². The molecule has 2 aromatic carbocycles. The van der Waals surface area contributed by atoms with E-state index in [-0.39, 0.29) is 12.8 Å². The predicted molar refractivity (Wildman–Crippen MR) is 84.2 cm³/mol. The van der Waals surface area contributed by atoms with Crippen LogP contribution in [-0.4, -0.2) is 20.4 Å². The van der Waals surface area contributed by atoms with Gasteiger partial charge in [-0.2, -0.15) is 0 Å². The quantitative estimate of drug-likeness (QED) is 0.942. The van der Waals surface area contributed by atoms with E-state index in [0.29, 0.717) is 23.1 Å². The molecule has 0 bridgehead atoms. The summed E-state index contributed by atoms with van der Waals surface area (Å²) in [5.74, 6) is 1.29. The standard InChI is InChI=1S/C16H17ClN2O2/c1-19(12-5-3-2-4-6-12)14(9-18)11-7-13(17)16-15(8-11)20-10-21-16/h2-8,14H,9-10,18H2,1H3. The van der Waals surface area contributed by atoms with Gasteiger partial charge in [0.2, 0.25) is 6.79 Å². The lowest BCUT2D eigenvalue weighted by molar-refractivity contribution is 0.174. The molecule has 1 unspecified atom stereocenters. The van der Waals surface area contributed by atoms with Crippen molar-refractivity contribution in [1.82, 2.24) is 0 Å². The molecule has 1 heterocycles. The molecule has 0 radical (unpaired) electrons. The van der Waals surface area contributed by atoms with Crippen molar-refractivity contribution in [2.24, 2.45) is 5.73 Å². The minimum absolute atomic E-state index is 0.0133. The van der Waals surface area contributed by atoms with Gasteiger partial charge in [0.15, 0.2) is 11.5 Å². The largest absolute Gasteiger partial charge is 0.454 e. The van der Waals surface area contributed by atoms with Gasteiger partial charge in [0, 0.05) is 19.3 Å². The molecule has 2 aromatic rings. The summed E-state index contributed by atoms with van der Waals surface area (Å²) in [4.78, 5) is 2.13. The summed E-state index contributed by atoms with van der Waals surface area (Å²) in [5.41, 5.74) is 8.09. The van der Waals surface area contributed by atoms with Crippen molar-refractivity contribution in [2.75, 3.05) is 25.3 Å². The number of anilines is 1. The van der Waals surface area contributed by atoms with Gasteiger partial charge >= 0.3 is 0 Å². The fourth-order valence-corrected chi connectivity index (χ4v) is 2.81. The Kier molecular flexibility index (Phi) is 3.90. The molecule has 0 spiro atoms. The summed E-state index contributed by atoms with van der Waals surface area (Å²) in [6.07, 6.45) is 0. The van der Waals surface area contributed by atoms with Gasteiger partial charge in [0.1, 0.15) is 0 Å². The number of rotatable bonds is 4. The first-order valence-corrected chi connectivity index (χ1v) is 7.15. The first-order valence-electron chi connectivity index (χ1n) is 6.77. The average Bonchev–Trinajstić information content (AvgIpc) is 2.98. The number of likely N-dealkylation sites (N-methyl/N-ethyl adjacent to an activating group) is 1. The van der Waals surface area contributed by atoms with E-state index < -0.39 is 0 Å². The molecule has 2 N–H and O–H groups in total. The Labute approximate surface area is 129 Å². The molecule has 0 saturated carbocycles. The van der Waals surface area contributed by atoms with E-state index in [1.807, 2.05) is 37.4 Å². The fourth-order valence-electron chi connectivity index (χ4n) is 2.54. The summed E-state index contributed by atoms with van der Waals surface area (Å²) in [6, 6.07) is 14.0. The first-order chi connectivity index (χ1) is 10.2. The van der Waals surface area contributed by atoms with Gasteiger partial charge in [0.05, 0.1) is 11.1 Å². The molecule has 1 aliphatic rings. The Morgan fingerprint density at radius 2 is 2.00 bits per heavy atom. The highest BCUT2D eigenvalue weighted by Crippen LogP contribution is 2.42. The lowest BCUT2D eigenvalue weighted by Crippen LogP contribution is -2.30. The van der Waals surface area contributed by atoms with E-state index in [4.69, 9.17) is 26.8 Å². The summed E-state index contributed by atoms with van der Waals surface area (Å²) < 4.78 is 10.8. The van der Waals surface area contributed by atoms with Gasteiger partial charge in [-0.15, -0.1) is 0 Å². The Hall–Kier alpha value is -1.91. The molecule has 0 aliphatic carbocycles. The van der Waals surface area contributed by atoms with Gasteiger partial charge in [-0.05, 0) is 29.8 Å². The Bertz CT molecular complexity index is 634. The number of benzene rings is 2. The zero-order valence-corrected chi connectivity index (χ0v) is 12.5. The van der Waals surface area contributed by atoms with Crippen LogP contribution in [-0.2, 0) is 0 Å². The van der Waals surface area contributed by atoms with Crippen LogP contribution in [0.1, 0.15) is 11.6 Å². The maximum atomic E-state index is 6.26. The second kappa shape index (κ2) is 5.84. The van der Waals surface area contributed by atoms with Crippen LogP contribution < -0.4 is 20.1 Å². The molecule has 0 fully saturated rings. The summed E-state index contributed by atoms with van der Waals surface area (Å²) in [6.45, 7) is 0.682. The van der Waals surface area contributed by atoms with Crippen molar-refractivity contribution >= 4 is 17.3 Å². The molecule has 110 valence electrons. The van der Waals surface area contributed by atoms with Crippen molar-refractivity contribution in [1.29, 1.82) is 0 Å². The maximum Gasteiger partial charge on any atom is 0.231 e. The zero-order valence-electron chi connectivity index (χ0n) is 11.8. The number of hydrogen-bond acceptors (Lipinski definition) is 4. The Morgan fingerprint density at radius 1 is 1.24 bits per heavy atom. The van der Waals surface area contributed by atoms with E-state index in [2.05, 4.69) is 17.0 Å². The minimum Gasteiger partial charge on any atom is -0.454 e. The third kappa shape index (κ3) is 2.64. The number of ether oxygens (including phenoxy) is 2. The smallest absolute Gasteiger partial charge is 0.231 e. The van der Waals surface area contributed by atoms with Gasteiger partial charge in [0.25, 0.3) is 0 Å². The van der Waals surface area contributed by atoms with Crippen molar-refractivity contribution < 1.29 is 9.47 Å². The summed E-state index contributed by atoms with van der Waals surface area (Å²) in [5, 5.41) is 0.555. The molecule has 0 saturated heterocycles. The highest BCUT2D eigenvalue weighted by Gasteiger charge is 2.23. The lowest BCUT2D eigenvalue weighted by Gasteiger charge is -2.29. The Morgan fingerprint density at radius 3 is 2.71 bits per heavy atom. The van der Waals surface area contributed by atoms with E-state index in [0.717, 1.165) is 11.3 Å². The summed E-state index contributed by atoms with van der Waals surface area (Å²) in [7, 11) is 2.02. The highest BCUT2D eigenvalue weighted by atomic mass is 35.5. The molecule has 3 rings (SSSR count). The number of para-hydroxylation sites is 1. The lowest BCUT2D eigenvalue weighted by atomic mass is 10.0. The second-order valence-corrected chi connectivity index (χ2v) is 5.34. The predicted octanol–water partition coefficient (Wildman–Crippen LogP) is 3.20. The first kappa shape index (κ1) is 14.0. The number of nitrogens with two attached hydrogens (primary N) is 1. The van der Waals surface area contributed by atoms with Crippen molar-refractivity contribution in [3.05, 3.63) is 53.1 Å². The van der Waals surface area contributed by atoms with Crippen molar-refractivity contribution in [3.63, 3.8) is 0 Å². The van der Waals surface area contributed by atoms with E-state index in [1.165, 1.54) is 0 Å². The number of fused-ring (bicyclic) bond motifs is 1. The van der Waals surface area contributed by atoms with E-state index in [9.17, 15) is 0 Å². The highest BCUT2D eigenvalue weighted by molar-refractivity contribution is 6.32. The van der Waals surface area contributed by atoms with Crippen molar-refractivity contribution in [2.45, 2.75) is 6.04 Å². The van der Waals surface area contributed by atoms with Crippen molar-refractivity contribution in [3.8, 4) is 11.5 Å². The minimum atomic E-state index is 0.0133. The molecular formula is C16H17ClN2O2. The van der Waals surface area contributed by atoms with Gasteiger partial charge in [-0.3, -0.25) is 0 Å². The SMILES string of the molecule is CN(c1ccccc1)C(CN)c1cc(Cl)c2c(c1)OCO2. The number of nitrogens with zero attached hydrogens (tertiary/aromatic N) is 1. The number of hydrogen-bond donors (Lipinski definition) is 1. The molecular weight excluding hydrogens is 288 g/mol. The average molecular weight is 305 g/mol. The maximum absolute atomic E-state index is 6.26. The van der Waals surface area contributed by atoms with Crippen LogP contribution in [0, 0.1) is 0 Å². The van der Waals surface area contributed by atoms with Gasteiger partial charge in [-0.1, -0.05) is 29.8 Å². The van der Waals surface area contributed by atoms with Crippen LogP contribution in [0.5, 0.6) is 11.5 Å². The molecule has 5 heteroatoms. The molecule has 21 heavy (non-hydrogen) atoms. The molecule has 0 amide bonds. The molecule has 4 nitrogen and oxygen atoms in total. The third-order valence-electron chi connectivity index (χ3n) is 3.69. The Balaban J connectivity index is 1.95. The second-order valence-electron chi connectivity index (χ2n) is 4.93. The van der Waals surface area contributed by atoms with E-state index >= 15 is 0 Å². The topological polar surface area (TPSA) is 47.7 Å². The van der Waals surface area contributed by atoms with Crippen LogP contribution >= 0.6 is 11.6 Å². The third-order valence-corrected chi connectivity index (χ3v) is 3.97. The van der Waals surface area contributed by atoms with Gasteiger partial charge < -0.3 is 20.1 Å². The monoisotopic (exact) mass is 304 g/mol. The fraction of sp³-hybridized carbons (Fsp3) is 0.250. The van der Waals surface area contributed by atoms with Crippen LogP contribution in [0.3, 0.4) is 0 Å². The van der Waals surface area contributed by atoms with Crippen LogP contribution in [0.15, 0.2) is 42.5 Å². The zero-order chi connectivity index (χ0) is 14.8.